The van der Waals surface area contributed by atoms with Gasteiger partial charge in [-0.2, -0.15) is 0 Å². The van der Waals surface area contributed by atoms with Crippen molar-refractivity contribution in [1.29, 1.82) is 0 Å². The Bertz CT molecular complexity index is 558. The van der Waals surface area contributed by atoms with Crippen LogP contribution in [-0.2, 0) is 40.1 Å². The smallest absolute Gasteiger partial charge is 0.790 e. The Kier molecular flexibility index (Phi) is 14.4. The Balaban J connectivity index is -0.00000200. The molecule has 0 heterocycles. The molecule has 4 atom stereocenters. The first kappa shape index (κ1) is 31.0. The van der Waals surface area contributed by atoms with Crippen molar-refractivity contribution in [3.63, 3.8) is 0 Å². The second kappa shape index (κ2) is 10.7. The Morgan fingerprint density at radius 1 is 0.609 bits per heavy atom. The molecule has 4 unspecified atom stereocenters. The van der Waals surface area contributed by atoms with Gasteiger partial charge in [0.2, 0.25) is 0 Å². The van der Waals surface area contributed by atoms with Crippen molar-refractivity contribution < 1.29 is 151 Å². The van der Waals surface area contributed by atoms with Crippen molar-refractivity contribution in [2.24, 2.45) is 0 Å². The average molecular weight is 695 g/mol. The van der Waals surface area contributed by atoms with E-state index < -0.39 is 39.1 Å². The molecule has 129 valence electrons. The molecule has 0 rings (SSSR count). The molecule has 1 N–H and O–H groups in total. The molecule has 0 bridgehead atoms. The molecule has 0 aliphatic carbocycles. The Hall–Kier alpha value is 3.26. The standard InChI is InChI=1S/La.Nd.H7O16P5/c;;1-17(2,3)13-19(7,8)15-21(11,12)16-20(9,10)14-18(4,5)6/h;;(H,7,8)(H,9,10)(H,11,12)(H2,1,2,3)(H2,4,5,6)/q2*+3;/p-6. The topological polar surface area (TPSA) is 281 Å². The zero-order valence-corrected chi connectivity index (χ0v) is 21.2. The van der Waals surface area contributed by atoms with Gasteiger partial charge in [-0.25, -0.2) is 12.9 Å². The number of rotatable bonds is 8. The fraction of sp³-hybridized carbons (Fsp3) is 0. The molecule has 0 aromatic heterocycles. The largest absolute Gasteiger partial charge is 3.00 e. The van der Waals surface area contributed by atoms with Crippen LogP contribution in [0.25, 0.3) is 0 Å². The molecule has 0 aromatic carbocycles. The van der Waals surface area contributed by atoms with Crippen molar-refractivity contribution in [3.8, 4) is 0 Å². The molecule has 16 nitrogen and oxygen atoms in total. The summed E-state index contributed by atoms with van der Waals surface area (Å²) in [7, 11) is -31.7. The zero-order valence-electron chi connectivity index (χ0n) is 9.88. The third-order valence-corrected chi connectivity index (χ3v) is 7.23. The molecular weight excluding hydrogens is 694 g/mol. The summed E-state index contributed by atoms with van der Waals surface area (Å²) in [5, 5.41) is 0. The van der Waals surface area contributed by atoms with Gasteiger partial charge in [-0.3, -0.25) is 22.6 Å². The van der Waals surface area contributed by atoms with Gasteiger partial charge in [0, 0.05) is 0 Å². The van der Waals surface area contributed by atoms with E-state index in [1.54, 1.807) is 0 Å². The van der Waals surface area contributed by atoms with E-state index in [2.05, 4.69) is 17.2 Å². The molecule has 0 aromatic rings. The second-order valence-electron chi connectivity index (χ2n) is 2.58. The minimum Gasteiger partial charge on any atom is -0.790 e. The van der Waals surface area contributed by atoms with Crippen LogP contribution in [0.5, 0.6) is 0 Å². The average Bonchev–Trinajstić information content (AvgIpc) is 1.83. The van der Waals surface area contributed by atoms with Crippen LogP contribution < -0.4 is 29.4 Å². The van der Waals surface area contributed by atoms with Gasteiger partial charge in [0.25, 0.3) is 31.3 Å². The molecule has 0 fully saturated rings. The monoisotopic (exact) mass is 693 g/mol. The summed E-state index contributed by atoms with van der Waals surface area (Å²) < 4.78 is 62.9. The predicted octanol–water partition coefficient (Wildman–Crippen LogP) is -4.25. The van der Waals surface area contributed by atoms with E-state index in [4.69, 9.17) is 4.89 Å². The van der Waals surface area contributed by atoms with Gasteiger partial charge < -0.3 is 38.8 Å². The van der Waals surface area contributed by atoms with Crippen LogP contribution in [0.2, 0.25) is 0 Å². The van der Waals surface area contributed by atoms with E-state index in [1.165, 1.54) is 0 Å². The Morgan fingerprint density at radius 2 is 0.870 bits per heavy atom. The number of phosphoric acid groups is 5. The van der Waals surface area contributed by atoms with Crippen molar-refractivity contribution in [1.82, 2.24) is 0 Å². The molecular formula is HLaNdO16P5. The molecule has 0 saturated carbocycles. The molecule has 0 spiro atoms. The molecule has 0 amide bonds. The van der Waals surface area contributed by atoms with Gasteiger partial charge in [0.15, 0.2) is 0 Å². The Morgan fingerprint density at radius 3 is 1.13 bits per heavy atom. The second-order valence-corrected chi connectivity index (χ2v) is 9.71. The molecule has 1 radical (unpaired) electrons. The van der Waals surface area contributed by atoms with Crippen molar-refractivity contribution in [3.05, 3.63) is 0 Å². The maximum absolute atomic E-state index is 10.7. The number of hydrogen-bond acceptors (Lipinski definition) is 15. The van der Waals surface area contributed by atoms with Gasteiger partial charge in [-0.1, -0.05) is 0 Å². The number of hydrogen-bond donors (Lipinski definition) is 1. The van der Waals surface area contributed by atoms with Crippen molar-refractivity contribution >= 4 is 39.1 Å². The minimum absolute atomic E-state index is 0. The fourth-order valence-corrected chi connectivity index (χ4v) is 5.65. The molecule has 23 heavy (non-hydrogen) atoms. The quantitative estimate of drug-likeness (QED) is 0.235. The van der Waals surface area contributed by atoms with Crippen molar-refractivity contribution in [2.45, 2.75) is 0 Å². The summed E-state index contributed by atoms with van der Waals surface area (Å²) in [4.78, 5) is 69.8. The molecule has 23 heteroatoms. The third-order valence-electron chi connectivity index (χ3n) is 0.803. The zero-order chi connectivity index (χ0) is 17.3. The van der Waals surface area contributed by atoms with Crippen molar-refractivity contribution in [2.75, 3.05) is 0 Å². The van der Waals surface area contributed by atoms with E-state index in [-0.39, 0.29) is 76.4 Å². The van der Waals surface area contributed by atoms with Gasteiger partial charge in [0.1, 0.15) is 0 Å². The first-order valence-corrected chi connectivity index (χ1v) is 11.0. The van der Waals surface area contributed by atoms with Crippen LogP contribution in [-0.4, -0.2) is 4.89 Å². The van der Waals surface area contributed by atoms with Gasteiger partial charge in [-0.15, -0.1) is 0 Å². The fourth-order valence-electron chi connectivity index (χ4n) is 0.539. The maximum Gasteiger partial charge on any atom is 3.00 e. The predicted molar refractivity (Wildman–Crippen MR) is 44.6 cm³/mol. The summed E-state index contributed by atoms with van der Waals surface area (Å²) in [6.07, 6.45) is 0. The summed E-state index contributed by atoms with van der Waals surface area (Å²) in [5.74, 6) is 0. The van der Waals surface area contributed by atoms with Crippen LogP contribution >= 0.6 is 39.1 Å². The van der Waals surface area contributed by atoms with Gasteiger partial charge >= 0.3 is 76.4 Å². The van der Waals surface area contributed by atoms with Crippen LogP contribution in [0.4, 0.5) is 0 Å². The normalized spacial score (nSPS) is 22.2. The third kappa shape index (κ3) is 18.4. The SMILES string of the molecule is O=P([O-])([O-])OP(=O)([O-])OP(=O)([O-])OP(=O)([O-])OP(=O)([O-])O.[La+3].[Nd+3]. The van der Waals surface area contributed by atoms with Crippen LogP contribution in [0.3, 0.4) is 0 Å². The summed E-state index contributed by atoms with van der Waals surface area (Å²) in [5.41, 5.74) is 0. The molecule has 0 aliphatic rings. The van der Waals surface area contributed by atoms with E-state index in [9.17, 15) is 52.2 Å². The Labute approximate surface area is 187 Å². The first-order valence-electron chi connectivity index (χ1n) is 3.67. The molecule has 0 saturated heterocycles. The van der Waals surface area contributed by atoms with Crippen LogP contribution in [0, 0.1) is 76.4 Å². The molecule has 0 aliphatic heterocycles. The minimum atomic E-state index is -6.53. The summed E-state index contributed by atoms with van der Waals surface area (Å²) >= 11 is 0. The first-order chi connectivity index (χ1) is 8.83. The maximum atomic E-state index is 10.7. The summed E-state index contributed by atoms with van der Waals surface area (Å²) in [6.45, 7) is 0. The van der Waals surface area contributed by atoms with Gasteiger partial charge in [0.05, 0.1) is 7.82 Å². The van der Waals surface area contributed by atoms with Crippen LogP contribution in [0.15, 0.2) is 0 Å². The van der Waals surface area contributed by atoms with E-state index in [0.717, 1.165) is 0 Å². The van der Waals surface area contributed by atoms with E-state index in [1.807, 2.05) is 0 Å². The van der Waals surface area contributed by atoms with E-state index >= 15 is 0 Å². The van der Waals surface area contributed by atoms with Gasteiger partial charge in [-0.05, 0) is 0 Å². The van der Waals surface area contributed by atoms with E-state index in [0.29, 0.717) is 0 Å². The summed E-state index contributed by atoms with van der Waals surface area (Å²) in [6, 6.07) is 0. The van der Waals surface area contributed by atoms with Crippen LogP contribution in [0.1, 0.15) is 0 Å².